The van der Waals surface area contributed by atoms with Crippen molar-refractivity contribution in [2.75, 3.05) is 6.16 Å². The van der Waals surface area contributed by atoms with E-state index in [-0.39, 0.29) is 0 Å². The number of hydrogen-bond acceptors (Lipinski definition) is 0. The lowest BCUT2D eigenvalue weighted by molar-refractivity contribution is 0.778. The van der Waals surface area contributed by atoms with E-state index in [1.165, 1.54) is 36.3 Å². The summed E-state index contributed by atoms with van der Waals surface area (Å²) in [6, 6.07) is 9.00. The number of hydrogen-bond donors (Lipinski definition) is 0. The fourth-order valence-corrected chi connectivity index (χ4v) is 4.37. The molecule has 0 saturated carbocycles. The average Bonchev–Trinajstić information content (AvgIpc) is 2.21. The zero-order chi connectivity index (χ0) is 10.2. The number of benzene rings is 1. The van der Waals surface area contributed by atoms with Gasteiger partial charge in [-0.15, -0.1) is 0 Å². The van der Waals surface area contributed by atoms with E-state index < -0.39 is 0 Å². The molecule has 78 valence electrons. The summed E-state index contributed by atoms with van der Waals surface area (Å²) >= 11 is 0. The molecule has 0 aliphatic carbocycles. The van der Waals surface area contributed by atoms with Crippen molar-refractivity contribution in [2.45, 2.75) is 33.1 Å². The molecule has 0 aromatic heterocycles. The molecular formula is C12H20P2. The SMILES string of the molecule is CCCCCPPc1ccc(C)cc1. The van der Waals surface area contributed by atoms with Crippen LogP contribution in [0.3, 0.4) is 0 Å². The van der Waals surface area contributed by atoms with Gasteiger partial charge in [0.15, 0.2) is 0 Å². The van der Waals surface area contributed by atoms with Crippen LogP contribution in [-0.2, 0) is 0 Å². The van der Waals surface area contributed by atoms with Crippen LogP contribution in [0, 0.1) is 6.92 Å². The van der Waals surface area contributed by atoms with Crippen molar-refractivity contribution in [2.24, 2.45) is 0 Å². The molecule has 0 nitrogen and oxygen atoms in total. The second kappa shape index (κ2) is 7.38. The normalized spacial score (nSPS) is 12.1. The standard InChI is InChI=1S/C12H20P2/c1-3-4-5-10-13-14-12-8-6-11(2)7-9-12/h6-9,13-14H,3-5,10H2,1-2H3. The van der Waals surface area contributed by atoms with E-state index in [0.29, 0.717) is 0 Å². The number of rotatable bonds is 6. The van der Waals surface area contributed by atoms with Gasteiger partial charge in [-0.05, 0) is 24.8 Å². The molecule has 0 radical (unpaired) electrons. The van der Waals surface area contributed by atoms with Crippen LogP contribution < -0.4 is 5.30 Å². The van der Waals surface area contributed by atoms with Crippen molar-refractivity contribution in [3.8, 4) is 0 Å². The maximum Gasteiger partial charge on any atom is -0.0230 e. The smallest absolute Gasteiger partial charge is 0.0230 e. The summed E-state index contributed by atoms with van der Waals surface area (Å²) < 4.78 is 0. The van der Waals surface area contributed by atoms with Crippen molar-refractivity contribution < 1.29 is 0 Å². The Labute approximate surface area is 91.3 Å². The molecule has 0 spiro atoms. The first-order valence-corrected chi connectivity index (χ1v) is 8.59. The van der Waals surface area contributed by atoms with Crippen LogP contribution >= 0.6 is 16.5 Å². The Hall–Kier alpha value is 0.0800. The van der Waals surface area contributed by atoms with Crippen molar-refractivity contribution >= 4 is 21.8 Å². The van der Waals surface area contributed by atoms with Crippen molar-refractivity contribution in [1.29, 1.82) is 0 Å². The molecule has 0 saturated heterocycles. The van der Waals surface area contributed by atoms with E-state index in [1.807, 2.05) is 0 Å². The molecule has 2 atom stereocenters. The van der Waals surface area contributed by atoms with Crippen LogP contribution in [0.4, 0.5) is 0 Å². The van der Waals surface area contributed by atoms with Gasteiger partial charge in [0.2, 0.25) is 0 Å². The van der Waals surface area contributed by atoms with Gasteiger partial charge in [-0.2, -0.15) is 0 Å². The summed E-state index contributed by atoms with van der Waals surface area (Å²) in [5.41, 5.74) is 1.37. The molecule has 1 aromatic carbocycles. The van der Waals surface area contributed by atoms with Crippen LogP contribution in [0.2, 0.25) is 0 Å². The number of unbranched alkanes of at least 4 members (excludes halogenated alkanes) is 2. The molecule has 2 heteroatoms. The molecular weight excluding hydrogens is 206 g/mol. The molecule has 0 bridgehead atoms. The van der Waals surface area contributed by atoms with Gasteiger partial charge in [0, 0.05) is 0 Å². The molecule has 2 unspecified atom stereocenters. The summed E-state index contributed by atoms with van der Waals surface area (Å²) in [5, 5.41) is 1.53. The first-order valence-electron chi connectivity index (χ1n) is 5.38. The third kappa shape index (κ3) is 5.08. The summed E-state index contributed by atoms with van der Waals surface area (Å²) in [5.74, 6) is 0. The topological polar surface area (TPSA) is 0 Å². The molecule has 1 aromatic rings. The Kier molecular flexibility index (Phi) is 6.41. The van der Waals surface area contributed by atoms with Gasteiger partial charge in [0.05, 0.1) is 0 Å². The lowest BCUT2D eigenvalue weighted by atomic mass is 10.2. The van der Waals surface area contributed by atoms with Crippen molar-refractivity contribution in [3.05, 3.63) is 29.8 Å². The highest BCUT2D eigenvalue weighted by molar-refractivity contribution is 8.15. The molecule has 0 fully saturated rings. The first kappa shape index (κ1) is 12.2. The molecule has 0 heterocycles. The summed E-state index contributed by atoms with van der Waals surface area (Å²) in [4.78, 5) is 0. The van der Waals surface area contributed by atoms with Crippen molar-refractivity contribution in [3.63, 3.8) is 0 Å². The Morgan fingerprint density at radius 1 is 1.07 bits per heavy atom. The van der Waals surface area contributed by atoms with Gasteiger partial charge in [0.25, 0.3) is 0 Å². The highest BCUT2D eigenvalue weighted by Gasteiger charge is 1.92. The minimum Gasteiger partial charge on any atom is -0.0946 e. The van der Waals surface area contributed by atoms with Crippen LogP contribution in [0.15, 0.2) is 24.3 Å². The van der Waals surface area contributed by atoms with E-state index >= 15 is 0 Å². The number of aryl methyl sites for hydroxylation is 1. The maximum absolute atomic E-state index is 2.28. The van der Waals surface area contributed by atoms with Gasteiger partial charge in [-0.25, -0.2) is 0 Å². The third-order valence-corrected chi connectivity index (χ3v) is 5.74. The quantitative estimate of drug-likeness (QED) is 0.506. The molecule has 0 amide bonds. The summed E-state index contributed by atoms with van der Waals surface area (Å²) in [7, 11) is 2.18. The molecule has 14 heavy (non-hydrogen) atoms. The van der Waals surface area contributed by atoms with Gasteiger partial charge < -0.3 is 0 Å². The fourth-order valence-electron chi connectivity index (χ4n) is 1.26. The monoisotopic (exact) mass is 226 g/mol. The predicted molar refractivity (Wildman–Crippen MR) is 71.8 cm³/mol. The van der Waals surface area contributed by atoms with Gasteiger partial charge in [0.1, 0.15) is 0 Å². The largest absolute Gasteiger partial charge is 0.0946 e. The zero-order valence-electron chi connectivity index (χ0n) is 9.14. The molecule has 0 aliphatic rings. The minimum atomic E-state index is 1.04. The van der Waals surface area contributed by atoms with Crippen LogP contribution in [-0.4, -0.2) is 6.16 Å². The molecule has 0 aliphatic heterocycles. The van der Waals surface area contributed by atoms with Crippen LogP contribution in [0.1, 0.15) is 31.7 Å². The van der Waals surface area contributed by atoms with Gasteiger partial charge in [-0.3, -0.25) is 0 Å². The third-order valence-electron chi connectivity index (χ3n) is 2.19. The zero-order valence-corrected chi connectivity index (χ0v) is 11.1. The Morgan fingerprint density at radius 3 is 2.43 bits per heavy atom. The first-order chi connectivity index (χ1) is 6.83. The minimum absolute atomic E-state index is 1.04. The Bertz CT molecular complexity index is 241. The highest BCUT2D eigenvalue weighted by atomic mass is 32.0. The Morgan fingerprint density at radius 2 is 1.79 bits per heavy atom. The average molecular weight is 226 g/mol. The molecule has 1 rings (SSSR count). The second-order valence-electron chi connectivity index (χ2n) is 3.62. The van der Waals surface area contributed by atoms with E-state index in [1.54, 1.807) is 0 Å². The van der Waals surface area contributed by atoms with Crippen molar-refractivity contribution in [1.82, 2.24) is 0 Å². The van der Waals surface area contributed by atoms with Gasteiger partial charge >= 0.3 is 0 Å². The van der Waals surface area contributed by atoms with Crippen LogP contribution in [0.5, 0.6) is 0 Å². The van der Waals surface area contributed by atoms with E-state index in [2.05, 4.69) is 38.1 Å². The van der Waals surface area contributed by atoms with E-state index in [4.69, 9.17) is 0 Å². The fraction of sp³-hybridized carbons (Fsp3) is 0.500. The summed E-state index contributed by atoms with van der Waals surface area (Å²) in [6.45, 7) is 4.42. The highest BCUT2D eigenvalue weighted by Crippen LogP contribution is 2.36. The second-order valence-corrected chi connectivity index (χ2v) is 7.12. The van der Waals surface area contributed by atoms with E-state index in [9.17, 15) is 0 Å². The van der Waals surface area contributed by atoms with Crippen LogP contribution in [0.25, 0.3) is 0 Å². The van der Waals surface area contributed by atoms with Gasteiger partial charge in [-0.1, -0.05) is 66.1 Å². The van der Waals surface area contributed by atoms with E-state index in [0.717, 1.165) is 16.5 Å². The summed E-state index contributed by atoms with van der Waals surface area (Å²) in [6.07, 6.45) is 5.61. The lowest BCUT2D eigenvalue weighted by Crippen LogP contribution is -1.90. The lowest BCUT2D eigenvalue weighted by Gasteiger charge is -2.02. The maximum atomic E-state index is 2.28. The molecule has 0 N–H and O–H groups in total. The Balaban J connectivity index is 2.15. The predicted octanol–water partition coefficient (Wildman–Crippen LogP) is 4.08.